The topological polar surface area (TPSA) is 136 Å². The number of ether oxygens (including phenoxy) is 1. The minimum Gasteiger partial charge on any atom is -0.394 e. The van der Waals surface area contributed by atoms with Crippen molar-refractivity contribution in [2.45, 2.75) is 50.8 Å². The van der Waals surface area contributed by atoms with E-state index in [-0.39, 0.29) is 11.7 Å². The number of hydrogen-bond acceptors (Lipinski definition) is 7. The summed E-state index contributed by atoms with van der Waals surface area (Å²) in [7, 11) is 1.51. The van der Waals surface area contributed by atoms with Crippen LogP contribution in [0.2, 0.25) is 0 Å². The Labute approximate surface area is 198 Å². The summed E-state index contributed by atoms with van der Waals surface area (Å²) in [5.41, 5.74) is 3.09. The third kappa shape index (κ3) is 5.20. The van der Waals surface area contributed by atoms with Gasteiger partial charge in [0.25, 0.3) is 5.91 Å². The van der Waals surface area contributed by atoms with Crippen LogP contribution in [0.4, 0.5) is 0 Å². The first kappa shape index (κ1) is 25.6. The second-order valence-electron chi connectivity index (χ2n) is 8.17. The number of hydrogen-bond donors (Lipinski definition) is 5. The molecule has 0 saturated carbocycles. The maximum Gasteiger partial charge on any atom is 0.251 e. The van der Waals surface area contributed by atoms with Crippen LogP contribution in [0.5, 0.6) is 0 Å². The predicted octanol–water partition coefficient (Wildman–Crippen LogP) is 0.862. The number of rotatable bonds is 5. The predicted molar refractivity (Wildman–Crippen MR) is 124 cm³/mol. The minimum absolute atomic E-state index is 0.102. The molecule has 34 heavy (non-hydrogen) atoms. The third-order valence-electron chi connectivity index (χ3n) is 5.98. The second kappa shape index (κ2) is 10.9. The maximum absolute atomic E-state index is 12.2. The lowest BCUT2D eigenvalue weighted by Crippen LogP contribution is -2.55. The van der Waals surface area contributed by atoms with Crippen LogP contribution in [0.1, 0.15) is 62.4 Å². The second-order valence-corrected chi connectivity index (χ2v) is 8.17. The van der Waals surface area contributed by atoms with Crippen molar-refractivity contribution in [2.24, 2.45) is 0 Å². The number of aliphatic hydroxyl groups is 4. The van der Waals surface area contributed by atoms with E-state index in [1.807, 2.05) is 0 Å². The molecule has 0 aromatic heterocycles. The van der Waals surface area contributed by atoms with Crippen molar-refractivity contribution >= 4 is 11.7 Å². The molecule has 1 amide bonds. The number of nitrogens with one attached hydrogen (secondary N) is 1. The van der Waals surface area contributed by atoms with Crippen molar-refractivity contribution in [3.8, 4) is 11.8 Å². The quantitative estimate of drug-likeness (QED) is 0.325. The number of Topliss-reactive ketones (excluding diaryl/α,β-unsaturated/α-hetero) is 1. The number of amides is 1. The van der Waals surface area contributed by atoms with Gasteiger partial charge in [0.15, 0.2) is 5.78 Å². The van der Waals surface area contributed by atoms with Crippen LogP contribution in [-0.2, 0) is 4.74 Å². The fourth-order valence-corrected chi connectivity index (χ4v) is 3.94. The zero-order chi connectivity index (χ0) is 25.0. The smallest absolute Gasteiger partial charge is 0.251 e. The first-order valence-corrected chi connectivity index (χ1v) is 11.0. The molecule has 2 aromatic carbocycles. The lowest BCUT2D eigenvalue weighted by Gasteiger charge is -2.40. The van der Waals surface area contributed by atoms with Gasteiger partial charge in [-0.2, -0.15) is 0 Å². The average molecular weight is 468 g/mol. The summed E-state index contributed by atoms with van der Waals surface area (Å²) in [6, 6.07) is 10.0. The third-order valence-corrected chi connectivity index (χ3v) is 5.98. The Balaban J connectivity index is 1.99. The van der Waals surface area contributed by atoms with Gasteiger partial charge in [0.2, 0.25) is 0 Å². The van der Waals surface area contributed by atoms with Gasteiger partial charge in [-0.15, -0.1) is 0 Å². The Morgan fingerprint density at radius 3 is 2.38 bits per heavy atom. The van der Waals surface area contributed by atoms with E-state index >= 15 is 0 Å². The van der Waals surface area contributed by atoms with Gasteiger partial charge < -0.3 is 30.5 Å². The van der Waals surface area contributed by atoms with E-state index in [1.165, 1.54) is 7.05 Å². The van der Waals surface area contributed by atoms with Gasteiger partial charge in [-0.05, 0) is 42.3 Å². The van der Waals surface area contributed by atoms with E-state index in [4.69, 9.17) is 4.74 Å². The van der Waals surface area contributed by atoms with Crippen LogP contribution in [-0.4, -0.2) is 70.2 Å². The lowest BCUT2D eigenvalue weighted by atomic mass is 9.88. The van der Waals surface area contributed by atoms with Gasteiger partial charge in [-0.3, -0.25) is 9.59 Å². The van der Waals surface area contributed by atoms with E-state index in [0.717, 1.165) is 0 Å². The van der Waals surface area contributed by atoms with Crippen molar-refractivity contribution in [3.63, 3.8) is 0 Å². The number of ketones is 1. The molecular weight excluding hydrogens is 438 g/mol. The summed E-state index contributed by atoms with van der Waals surface area (Å²) in [6.45, 7) is 3.02. The molecule has 0 aliphatic carbocycles. The molecule has 1 heterocycles. The van der Waals surface area contributed by atoms with Crippen molar-refractivity contribution in [1.29, 1.82) is 0 Å². The van der Waals surface area contributed by atoms with Gasteiger partial charge in [-0.1, -0.05) is 30.9 Å². The highest BCUT2D eigenvalue weighted by atomic mass is 16.5. The van der Waals surface area contributed by atoms with Crippen LogP contribution < -0.4 is 5.32 Å². The molecule has 8 nitrogen and oxygen atoms in total. The molecule has 180 valence electrons. The fraction of sp³-hybridized carbons (Fsp3) is 0.385. The molecule has 3 rings (SSSR count). The summed E-state index contributed by atoms with van der Waals surface area (Å²) < 4.78 is 5.68. The zero-order valence-corrected chi connectivity index (χ0v) is 19.3. The van der Waals surface area contributed by atoms with Crippen LogP contribution in [0.25, 0.3) is 0 Å². The molecule has 0 bridgehead atoms. The number of benzene rings is 2. The van der Waals surface area contributed by atoms with Crippen molar-refractivity contribution in [2.75, 3.05) is 13.7 Å². The standard InChI is InChI=1S/C26H29NO7/c1-4-20(29)17-10-15(11-18(12-17)26(33)27-3)8-9-16-6-5-7-19(14(16)2)25-24(32)23(31)22(30)21(13-28)34-25/h5-7,10-12,21-25,28,30-32H,4,13H2,1-3H3,(H,27,33)/t21-,22-,23+,24+,25-/m1/s1. The van der Waals surface area contributed by atoms with E-state index in [0.29, 0.717) is 39.8 Å². The molecule has 2 aromatic rings. The van der Waals surface area contributed by atoms with E-state index < -0.39 is 37.1 Å². The minimum atomic E-state index is -1.48. The summed E-state index contributed by atoms with van der Waals surface area (Å²) in [5.74, 6) is 5.62. The molecule has 5 atom stereocenters. The Kier molecular flexibility index (Phi) is 8.20. The van der Waals surface area contributed by atoms with Crippen molar-refractivity contribution in [1.82, 2.24) is 5.32 Å². The normalized spacial score (nSPS) is 24.1. The zero-order valence-electron chi connectivity index (χ0n) is 19.3. The number of carbonyl (C=O) groups excluding carboxylic acids is 2. The maximum atomic E-state index is 12.2. The highest BCUT2D eigenvalue weighted by Gasteiger charge is 2.44. The molecule has 8 heteroatoms. The molecule has 0 unspecified atom stereocenters. The van der Waals surface area contributed by atoms with Gasteiger partial charge >= 0.3 is 0 Å². The lowest BCUT2D eigenvalue weighted by molar-refractivity contribution is -0.231. The van der Waals surface area contributed by atoms with E-state index in [9.17, 15) is 30.0 Å². The summed E-state index contributed by atoms with van der Waals surface area (Å²) in [4.78, 5) is 24.4. The fourth-order valence-electron chi connectivity index (χ4n) is 3.94. The van der Waals surface area contributed by atoms with Crippen molar-refractivity contribution < 1.29 is 34.8 Å². The Morgan fingerprint density at radius 2 is 1.74 bits per heavy atom. The number of carbonyl (C=O) groups is 2. The summed E-state index contributed by atoms with van der Waals surface area (Å²) >= 11 is 0. The number of aliphatic hydroxyl groups excluding tert-OH is 4. The van der Waals surface area contributed by atoms with E-state index in [1.54, 1.807) is 50.2 Å². The molecule has 0 spiro atoms. The van der Waals surface area contributed by atoms with Gasteiger partial charge in [0.1, 0.15) is 30.5 Å². The van der Waals surface area contributed by atoms with Crippen LogP contribution in [0.3, 0.4) is 0 Å². The Bertz CT molecular complexity index is 1100. The summed E-state index contributed by atoms with van der Waals surface area (Å²) in [6.07, 6.45) is -6.00. The Morgan fingerprint density at radius 1 is 1.03 bits per heavy atom. The molecule has 1 aliphatic rings. The monoisotopic (exact) mass is 467 g/mol. The SMILES string of the molecule is CCC(=O)c1cc(C#Cc2cccc([C@H]3O[C@H](CO)[C@@H](O)[C@H](O)[C@@H]3O)c2C)cc(C(=O)NC)c1. The van der Waals surface area contributed by atoms with Gasteiger partial charge in [0, 0.05) is 35.7 Å². The highest BCUT2D eigenvalue weighted by molar-refractivity contribution is 6.01. The molecule has 1 fully saturated rings. The molecular formula is C26H29NO7. The highest BCUT2D eigenvalue weighted by Crippen LogP contribution is 2.34. The van der Waals surface area contributed by atoms with Crippen LogP contribution in [0.15, 0.2) is 36.4 Å². The largest absolute Gasteiger partial charge is 0.394 e. The summed E-state index contributed by atoms with van der Waals surface area (Å²) in [5, 5.41) is 42.7. The molecule has 5 N–H and O–H groups in total. The van der Waals surface area contributed by atoms with Crippen LogP contribution >= 0.6 is 0 Å². The van der Waals surface area contributed by atoms with Crippen LogP contribution in [0, 0.1) is 18.8 Å². The van der Waals surface area contributed by atoms with Gasteiger partial charge in [-0.25, -0.2) is 0 Å². The Hall–Kier alpha value is -3.06. The molecule has 1 saturated heterocycles. The van der Waals surface area contributed by atoms with Crippen molar-refractivity contribution in [3.05, 3.63) is 69.8 Å². The van der Waals surface area contributed by atoms with Gasteiger partial charge in [0.05, 0.1) is 6.61 Å². The first-order chi connectivity index (χ1) is 16.2. The van der Waals surface area contributed by atoms with E-state index in [2.05, 4.69) is 17.2 Å². The average Bonchev–Trinajstić information content (AvgIpc) is 2.86. The molecule has 0 radical (unpaired) electrons. The first-order valence-electron chi connectivity index (χ1n) is 11.0. The molecule has 1 aliphatic heterocycles.